The largest absolute Gasteiger partial charge is 0.573 e. The number of halogens is 6. The van der Waals surface area contributed by atoms with Gasteiger partial charge in [0.2, 0.25) is 0 Å². The van der Waals surface area contributed by atoms with Crippen molar-refractivity contribution in [3.8, 4) is 5.75 Å². The third kappa shape index (κ3) is 5.31. The molecule has 1 saturated carbocycles. The standard InChI is InChI=1S/C15H15F6NO2/c1-9(10-2-3-10)22(8-14(16,17)18)13(23)11-4-6-12(7-5-11)24-15(19,20)21/h4-7,9-10H,2-3,8H2,1H3. The lowest BCUT2D eigenvalue weighted by molar-refractivity contribution is -0.274. The van der Waals surface area contributed by atoms with E-state index in [0.717, 1.165) is 42.0 Å². The second-order valence-electron chi connectivity index (χ2n) is 5.70. The number of benzene rings is 1. The van der Waals surface area contributed by atoms with Crippen LogP contribution in [0.2, 0.25) is 0 Å². The fraction of sp³-hybridized carbons (Fsp3) is 0.533. The van der Waals surface area contributed by atoms with Crippen LogP contribution < -0.4 is 4.74 Å². The van der Waals surface area contributed by atoms with Gasteiger partial charge in [0.15, 0.2) is 0 Å². The first-order chi connectivity index (χ1) is 11.0. The first-order valence-electron chi connectivity index (χ1n) is 7.20. The van der Waals surface area contributed by atoms with Crippen molar-refractivity contribution in [1.82, 2.24) is 4.90 Å². The number of hydrogen-bond donors (Lipinski definition) is 0. The van der Waals surface area contributed by atoms with Gasteiger partial charge in [-0.3, -0.25) is 4.79 Å². The van der Waals surface area contributed by atoms with Crippen LogP contribution in [0.4, 0.5) is 26.3 Å². The van der Waals surface area contributed by atoms with Gasteiger partial charge in [-0.05, 0) is 49.9 Å². The van der Waals surface area contributed by atoms with E-state index in [1.54, 1.807) is 6.92 Å². The number of carbonyl (C=O) groups is 1. The van der Waals surface area contributed by atoms with Gasteiger partial charge in [-0.2, -0.15) is 13.2 Å². The maximum Gasteiger partial charge on any atom is 0.573 e. The van der Waals surface area contributed by atoms with Gasteiger partial charge in [0.25, 0.3) is 5.91 Å². The van der Waals surface area contributed by atoms with E-state index in [9.17, 15) is 31.1 Å². The highest BCUT2D eigenvalue weighted by Gasteiger charge is 2.40. The summed E-state index contributed by atoms with van der Waals surface area (Å²) in [7, 11) is 0. The average molecular weight is 355 g/mol. The van der Waals surface area contributed by atoms with Crippen molar-refractivity contribution in [2.75, 3.05) is 6.54 Å². The minimum absolute atomic E-state index is 0.0177. The minimum atomic E-state index is -4.88. The van der Waals surface area contributed by atoms with Gasteiger partial charge in [0.05, 0.1) is 0 Å². The summed E-state index contributed by atoms with van der Waals surface area (Å²) in [6.45, 7) is 0.146. The molecule has 1 aliphatic rings. The van der Waals surface area contributed by atoms with Gasteiger partial charge in [-0.15, -0.1) is 13.2 Å². The molecule has 1 fully saturated rings. The molecule has 134 valence electrons. The quantitative estimate of drug-likeness (QED) is 0.734. The number of ether oxygens (including phenoxy) is 1. The van der Waals surface area contributed by atoms with Crippen molar-refractivity contribution < 1.29 is 35.9 Å². The van der Waals surface area contributed by atoms with Crippen LogP contribution in [0.25, 0.3) is 0 Å². The van der Waals surface area contributed by atoms with Crippen LogP contribution in [0.15, 0.2) is 24.3 Å². The molecule has 1 aromatic rings. The topological polar surface area (TPSA) is 29.5 Å². The Balaban J connectivity index is 2.16. The van der Waals surface area contributed by atoms with Gasteiger partial charge < -0.3 is 9.64 Å². The summed E-state index contributed by atoms with van der Waals surface area (Å²) in [5.74, 6) is -1.40. The van der Waals surface area contributed by atoms with E-state index in [4.69, 9.17) is 0 Å². The van der Waals surface area contributed by atoms with Gasteiger partial charge in [0.1, 0.15) is 12.3 Å². The van der Waals surface area contributed by atoms with Crippen LogP contribution in [0.5, 0.6) is 5.75 Å². The monoisotopic (exact) mass is 355 g/mol. The minimum Gasteiger partial charge on any atom is -0.406 e. The number of nitrogens with zero attached hydrogens (tertiary/aromatic N) is 1. The molecule has 1 atom stereocenters. The van der Waals surface area contributed by atoms with E-state index in [0.29, 0.717) is 0 Å². The molecule has 0 radical (unpaired) electrons. The van der Waals surface area contributed by atoms with Crippen LogP contribution in [0, 0.1) is 5.92 Å². The van der Waals surface area contributed by atoms with Gasteiger partial charge in [-0.25, -0.2) is 0 Å². The molecule has 9 heteroatoms. The molecule has 3 nitrogen and oxygen atoms in total. The third-order valence-electron chi connectivity index (χ3n) is 3.74. The van der Waals surface area contributed by atoms with Crippen molar-refractivity contribution in [3.05, 3.63) is 29.8 Å². The molecule has 0 N–H and O–H groups in total. The second-order valence-corrected chi connectivity index (χ2v) is 5.70. The van der Waals surface area contributed by atoms with E-state index in [-0.39, 0.29) is 11.5 Å². The van der Waals surface area contributed by atoms with E-state index >= 15 is 0 Å². The molecule has 2 rings (SSSR count). The summed E-state index contributed by atoms with van der Waals surface area (Å²) < 4.78 is 78.2. The van der Waals surface area contributed by atoms with Crippen LogP contribution in [-0.2, 0) is 0 Å². The molecule has 0 spiro atoms. The normalized spacial score (nSPS) is 16.6. The Bertz CT molecular complexity index is 577. The Morgan fingerprint density at radius 2 is 1.71 bits per heavy atom. The number of amides is 1. The lowest BCUT2D eigenvalue weighted by Crippen LogP contribution is -2.45. The zero-order chi connectivity index (χ0) is 18.1. The van der Waals surface area contributed by atoms with Crippen molar-refractivity contribution >= 4 is 5.91 Å². The van der Waals surface area contributed by atoms with Gasteiger partial charge in [-0.1, -0.05) is 0 Å². The number of carbonyl (C=O) groups excluding carboxylic acids is 1. The highest BCUT2D eigenvalue weighted by Crippen LogP contribution is 2.36. The van der Waals surface area contributed by atoms with Crippen molar-refractivity contribution in [3.63, 3.8) is 0 Å². The lowest BCUT2D eigenvalue weighted by Gasteiger charge is -2.30. The fourth-order valence-corrected chi connectivity index (χ4v) is 2.39. The SMILES string of the molecule is CC(C1CC1)N(CC(F)(F)F)C(=O)c1ccc(OC(F)(F)F)cc1. The molecule has 1 amide bonds. The molecule has 1 aliphatic carbocycles. The van der Waals surface area contributed by atoms with Crippen molar-refractivity contribution in [1.29, 1.82) is 0 Å². The zero-order valence-electron chi connectivity index (χ0n) is 12.6. The maximum absolute atomic E-state index is 12.7. The van der Waals surface area contributed by atoms with Crippen molar-refractivity contribution in [2.24, 2.45) is 5.92 Å². The molecule has 0 heterocycles. The zero-order valence-corrected chi connectivity index (χ0v) is 12.6. The molecule has 0 bridgehead atoms. The third-order valence-corrected chi connectivity index (χ3v) is 3.74. The molecule has 0 aliphatic heterocycles. The fourth-order valence-electron chi connectivity index (χ4n) is 2.39. The highest BCUT2D eigenvalue weighted by atomic mass is 19.4. The predicted octanol–water partition coefficient (Wildman–Crippen LogP) is 4.39. The number of hydrogen-bond acceptors (Lipinski definition) is 2. The first-order valence-corrected chi connectivity index (χ1v) is 7.20. The van der Waals surface area contributed by atoms with Crippen LogP contribution in [-0.4, -0.2) is 35.9 Å². The number of rotatable bonds is 5. The van der Waals surface area contributed by atoms with Crippen molar-refractivity contribution in [2.45, 2.75) is 38.3 Å². The second kappa shape index (κ2) is 6.52. The Morgan fingerprint density at radius 1 is 1.17 bits per heavy atom. The summed E-state index contributed by atoms with van der Waals surface area (Å²) in [4.78, 5) is 13.1. The highest BCUT2D eigenvalue weighted by molar-refractivity contribution is 5.94. The van der Waals surface area contributed by atoms with E-state index in [1.165, 1.54) is 0 Å². The van der Waals surface area contributed by atoms with E-state index in [2.05, 4.69) is 4.74 Å². The Morgan fingerprint density at radius 3 is 2.12 bits per heavy atom. The van der Waals surface area contributed by atoms with E-state index < -0.39 is 36.8 Å². The average Bonchev–Trinajstić information content (AvgIpc) is 3.26. The molecule has 24 heavy (non-hydrogen) atoms. The Hall–Kier alpha value is -1.93. The molecule has 1 aromatic carbocycles. The molecule has 0 saturated heterocycles. The number of alkyl halides is 6. The lowest BCUT2D eigenvalue weighted by atomic mass is 10.1. The molecular formula is C15H15F6NO2. The molecule has 0 aromatic heterocycles. The van der Waals surface area contributed by atoms with Crippen LogP contribution in [0.1, 0.15) is 30.1 Å². The molecule has 1 unspecified atom stereocenters. The maximum atomic E-state index is 12.7. The summed E-state index contributed by atoms with van der Waals surface area (Å²) in [6, 6.07) is 3.24. The van der Waals surface area contributed by atoms with Crippen LogP contribution in [0.3, 0.4) is 0 Å². The smallest absolute Gasteiger partial charge is 0.406 e. The molecular weight excluding hydrogens is 340 g/mol. The Labute approximate surface area is 134 Å². The summed E-state index contributed by atoms with van der Waals surface area (Å²) in [5, 5.41) is 0. The van der Waals surface area contributed by atoms with Crippen LogP contribution >= 0.6 is 0 Å². The van der Waals surface area contributed by atoms with E-state index in [1.807, 2.05) is 0 Å². The first kappa shape index (κ1) is 18.4. The van der Waals surface area contributed by atoms with Gasteiger partial charge >= 0.3 is 12.5 Å². The summed E-state index contributed by atoms with van der Waals surface area (Å²) in [5.41, 5.74) is -0.124. The predicted molar refractivity (Wildman–Crippen MR) is 72.4 cm³/mol. The summed E-state index contributed by atoms with van der Waals surface area (Å²) >= 11 is 0. The Kier molecular flexibility index (Phi) is 5.00. The summed E-state index contributed by atoms with van der Waals surface area (Å²) in [6.07, 6.45) is -7.94. The van der Waals surface area contributed by atoms with Gasteiger partial charge in [0, 0.05) is 11.6 Å².